The van der Waals surface area contributed by atoms with Crippen molar-refractivity contribution in [3.8, 4) is 5.75 Å². The first-order valence-electron chi connectivity index (χ1n) is 11.3. The highest BCUT2D eigenvalue weighted by Gasteiger charge is 2.09. The molecule has 5 heteroatoms. The Kier molecular flexibility index (Phi) is 6.73. The monoisotopic (exact) mass is 478 g/mol. The van der Waals surface area contributed by atoms with Gasteiger partial charge in [-0.05, 0) is 50.9 Å². The average molecular weight is 479 g/mol. The maximum absolute atomic E-state index is 12.7. The molecule has 0 fully saturated rings. The lowest BCUT2D eigenvalue weighted by atomic mass is 10.0. The van der Waals surface area contributed by atoms with Crippen LogP contribution in [0.5, 0.6) is 5.75 Å². The molecule has 4 nitrogen and oxygen atoms in total. The number of ether oxygens (including phenoxy) is 1. The van der Waals surface area contributed by atoms with E-state index in [-0.39, 0.29) is 12.3 Å². The standard InChI is InChI=1S/C30H23ClN2O2/c31-25-15-12-21(13-16-25)20-35-29-17-14-23-7-2-4-11-27(23)28(29)19-32-33-30(34)18-24-9-5-8-22-6-1-3-10-26(22)24/h1-17,19H,18,20H2,(H,33,34)/b32-19-. The average Bonchev–Trinajstić information content (AvgIpc) is 2.89. The van der Waals surface area contributed by atoms with Crippen LogP contribution in [0.4, 0.5) is 0 Å². The zero-order valence-electron chi connectivity index (χ0n) is 18.9. The van der Waals surface area contributed by atoms with Crippen LogP contribution < -0.4 is 10.2 Å². The van der Waals surface area contributed by atoms with Crippen LogP contribution in [0.1, 0.15) is 16.7 Å². The molecule has 0 spiro atoms. The number of fused-ring (bicyclic) bond motifs is 2. The summed E-state index contributed by atoms with van der Waals surface area (Å²) in [7, 11) is 0. The number of amides is 1. The minimum atomic E-state index is -0.179. The molecule has 5 aromatic carbocycles. The zero-order valence-corrected chi connectivity index (χ0v) is 19.7. The summed E-state index contributed by atoms with van der Waals surface area (Å²) in [4.78, 5) is 12.7. The van der Waals surface area contributed by atoms with E-state index in [2.05, 4.69) is 10.5 Å². The summed E-state index contributed by atoms with van der Waals surface area (Å²) in [6.07, 6.45) is 1.90. The zero-order chi connectivity index (χ0) is 24.0. The first-order valence-corrected chi connectivity index (χ1v) is 11.7. The van der Waals surface area contributed by atoms with Crippen LogP contribution >= 0.6 is 11.6 Å². The quantitative estimate of drug-likeness (QED) is 0.204. The molecule has 0 saturated carbocycles. The molecule has 5 rings (SSSR count). The highest BCUT2D eigenvalue weighted by molar-refractivity contribution is 6.30. The summed E-state index contributed by atoms with van der Waals surface area (Å²) in [5, 5.41) is 9.20. The summed E-state index contributed by atoms with van der Waals surface area (Å²) in [5.74, 6) is 0.507. The summed E-state index contributed by atoms with van der Waals surface area (Å²) in [6.45, 7) is 0.393. The summed E-state index contributed by atoms with van der Waals surface area (Å²) < 4.78 is 6.13. The summed E-state index contributed by atoms with van der Waals surface area (Å²) >= 11 is 5.99. The Balaban J connectivity index is 1.35. The van der Waals surface area contributed by atoms with Gasteiger partial charge in [-0.15, -0.1) is 0 Å². The number of nitrogens with one attached hydrogen (secondary N) is 1. The first-order chi connectivity index (χ1) is 17.2. The fraction of sp³-hybridized carbons (Fsp3) is 0.0667. The molecule has 35 heavy (non-hydrogen) atoms. The first kappa shape index (κ1) is 22.6. The number of hydrazone groups is 1. The van der Waals surface area contributed by atoms with Gasteiger partial charge in [-0.25, -0.2) is 5.43 Å². The molecular formula is C30H23ClN2O2. The maximum Gasteiger partial charge on any atom is 0.244 e. The van der Waals surface area contributed by atoms with Crippen molar-refractivity contribution in [1.82, 2.24) is 5.43 Å². The molecule has 0 radical (unpaired) electrons. The molecule has 0 aliphatic heterocycles. The number of halogens is 1. The topological polar surface area (TPSA) is 50.7 Å². The van der Waals surface area contributed by atoms with Crippen molar-refractivity contribution < 1.29 is 9.53 Å². The number of nitrogens with zero attached hydrogens (tertiary/aromatic N) is 1. The van der Waals surface area contributed by atoms with Crippen molar-refractivity contribution >= 4 is 45.3 Å². The molecule has 5 aromatic rings. The van der Waals surface area contributed by atoms with Crippen molar-refractivity contribution in [1.29, 1.82) is 0 Å². The van der Waals surface area contributed by atoms with Crippen LogP contribution in [0.2, 0.25) is 5.02 Å². The van der Waals surface area contributed by atoms with Crippen molar-refractivity contribution in [3.05, 3.63) is 125 Å². The van der Waals surface area contributed by atoms with Gasteiger partial charge in [-0.3, -0.25) is 4.79 Å². The van der Waals surface area contributed by atoms with Crippen LogP contribution in [-0.4, -0.2) is 12.1 Å². The Morgan fingerprint density at radius 2 is 1.49 bits per heavy atom. The van der Waals surface area contributed by atoms with Gasteiger partial charge in [0.15, 0.2) is 0 Å². The van der Waals surface area contributed by atoms with Gasteiger partial charge in [0.05, 0.1) is 12.6 Å². The molecule has 0 atom stereocenters. The second-order valence-electron chi connectivity index (χ2n) is 8.22. The third-order valence-corrected chi connectivity index (χ3v) is 6.10. The van der Waals surface area contributed by atoms with E-state index in [0.717, 1.165) is 38.2 Å². The molecule has 0 aliphatic carbocycles. The molecular weight excluding hydrogens is 456 g/mol. The van der Waals surface area contributed by atoms with Gasteiger partial charge >= 0.3 is 0 Å². The van der Waals surface area contributed by atoms with Crippen LogP contribution in [-0.2, 0) is 17.8 Å². The molecule has 0 heterocycles. The Bertz CT molecular complexity index is 1520. The van der Waals surface area contributed by atoms with E-state index in [1.54, 1.807) is 6.21 Å². The van der Waals surface area contributed by atoms with Gasteiger partial charge < -0.3 is 4.74 Å². The Hall–Kier alpha value is -4.15. The van der Waals surface area contributed by atoms with E-state index in [4.69, 9.17) is 16.3 Å². The Labute approximate surface area is 208 Å². The van der Waals surface area contributed by atoms with E-state index < -0.39 is 0 Å². The van der Waals surface area contributed by atoms with Crippen LogP contribution in [0.15, 0.2) is 108 Å². The number of hydrogen-bond acceptors (Lipinski definition) is 3. The normalized spacial score (nSPS) is 11.2. The highest BCUT2D eigenvalue weighted by atomic mass is 35.5. The molecule has 0 saturated heterocycles. The molecule has 1 amide bonds. The number of carbonyl (C=O) groups excluding carboxylic acids is 1. The number of benzene rings is 5. The van der Waals surface area contributed by atoms with E-state index in [1.165, 1.54) is 0 Å². The van der Waals surface area contributed by atoms with Crippen molar-refractivity contribution in [2.45, 2.75) is 13.0 Å². The van der Waals surface area contributed by atoms with Crippen LogP contribution in [0.25, 0.3) is 21.5 Å². The number of hydrogen-bond donors (Lipinski definition) is 1. The van der Waals surface area contributed by atoms with Gasteiger partial charge in [-0.2, -0.15) is 5.10 Å². The summed E-state index contributed by atoms with van der Waals surface area (Å²) in [6, 6.07) is 33.5. The lowest BCUT2D eigenvalue weighted by Gasteiger charge is -2.12. The molecule has 0 unspecified atom stereocenters. The number of carbonyl (C=O) groups is 1. The second kappa shape index (κ2) is 10.4. The summed E-state index contributed by atoms with van der Waals surface area (Å²) in [5.41, 5.74) is 5.46. The van der Waals surface area contributed by atoms with Crippen molar-refractivity contribution in [3.63, 3.8) is 0 Å². The van der Waals surface area contributed by atoms with E-state index >= 15 is 0 Å². The SMILES string of the molecule is O=C(Cc1cccc2ccccc12)N/N=C\c1c(OCc2ccc(Cl)cc2)ccc2ccccc12. The van der Waals surface area contributed by atoms with E-state index in [9.17, 15) is 4.79 Å². The fourth-order valence-corrected chi connectivity index (χ4v) is 4.23. The van der Waals surface area contributed by atoms with Gasteiger partial charge in [0.1, 0.15) is 12.4 Å². The molecule has 0 aromatic heterocycles. The van der Waals surface area contributed by atoms with E-state index in [1.807, 2.05) is 103 Å². The highest BCUT2D eigenvalue weighted by Crippen LogP contribution is 2.27. The Morgan fingerprint density at radius 3 is 2.29 bits per heavy atom. The van der Waals surface area contributed by atoms with Gasteiger partial charge in [0.2, 0.25) is 5.91 Å². The minimum absolute atomic E-state index is 0.179. The van der Waals surface area contributed by atoms with Crippen molar-refractivity contribution in [2.24, 2.45) is 5.10 Å². The fourth-order valence-electron chi connectivity index (χ4n) is 4.10. The molecule has 0 bridgehead atoms. The lowest BCUT2D eigenvalue weighted by molar-refractivity contribution is -0.120. The predicted octanol–water partition coefficient (Wildman–Crippen LogP) is 6.92. The third kappa shape index (κ3) is 5.34. The van der Waals surface area contributed by atoms with Crippen LogP contribution in [0.3, 0.4) is 0 Å². The van der Waals surface area contributed by atoms with Crippen molar-refractivity contribution in [2.75, 3.05) is 0 Å². The molecule has 0 aliphatic rings. The predicted molar refractivity (Wildman–Crippen MR) is 143 cm³/mol. The second-order valence-corrected chi connectivity index (χ2v) is 8.66. The lowest BCUT2D eigenvalue weighted by Crippen LogP contribution is -2.20. The third-order valence-electron chi connectivity index (χ3n) is 5.85. The minimum Gasteiger partial charge on any atom is -0.488 e. The van der Waals surface area contributed by atoms with E-state index in [0.29, 0.717) is 17.4 Å². The maximum atomic E-state index is 12.7. The Morgan fingerprint density at radius 1 is 0.800 bits per heavy atom. The smallest absolute Gasteiger partial charge is 0.244 e. The van der Waals surface area contributed by atoms with Gasteiger partial charge in [-0.1, -0.05) is 96.5 Å². The van der Waals surface area contributed by atoms with Gasteiger partial charge in [0.25, 0.3) is 0 Å². The molecule has 1 N–H and O–H groups in total. The number of rotatable bonds is 7. The van der Waals surface area contributed by atoms with Gasteiger partial charge in [0, 0.05) is 10.6 Å². The molecule has 172 valence electrons. The largest absolute Gasteiger partial charge is 0.488 e. The van der Waals surface area contributed by atoms with Crippen LogP contribution in [0, 0.1) is 0 Å².